The summed E-state index contributed by atoms with van der Waals surface area (Å²) < 4.78 is 2.20. The van der Waals surface area contributed by atoms with Crippen LogP contribution >= 0.6 is 0 Å². The molecule has 0 radical (unpaired) electrons. The highest BCUT2D eigenvalue weighted by molar-refractivity contribution is 5.81. The van der Waals surface area contributed by atoms with Gasteiger partial charge in [0.15, 0.2) is 0 Å². The van der Waals surface area contributed by atoms with Crippen LogP contribution in [0.1, 0.15) is 13.8 Å². The summed E-state index contributed by atoms with van der Waals surface area (Å²) in [6.07, 6.45) is 2.11. The minimum Gasteiger partial charge on any atom is -0.317 e. The third-order valence-electron chi connectivity index (χ3n) is 2.63. The molecule has 0 aliphatic rings. The van der Waals surface area contributed by atoms with Gasteiger partial charge in [-0.05, 0) is 29.7 Å². The van der Waals surface area contributed by atoms with Crippen molar-refractivity contribution in [3.05, 3.63) is 66.9 Å². The minimum atomic E-state index is 1.21. The fourth-order valence-corrected chi connectivity index (χ4v) is 1.90. The molecule has 17 heavy (non-hydrogen) atoms. The summed E-state index contributed by atoms with van der Waals surface area (Å²) in [5.41, 5.74) is 2.46. The first-order valence-electron chi connectivity index (χ1n) is 6.07. The lowest BCUT2D eigenvalue weighted by Crippen LogP contribution is -1.89. The fourth-order valence-electron chi connectivity index (χ4n) is 1.90. The van der Waals surface area contributed by atoms with Gasteiger partial charge in [0.1, 0.15) is 0 Å². The normalized spacial score (nSPS) is 9.76. The number of aromatic nitrogens is 1. The first-order valence-corrected chi connectivity index (χ1v) is 6.07. The van der Waals surface area contributed by atoms with Gasteiger partial charge in [-0.3, -0.25) is 0 Å². The zero-order valence-corrected chi connectivity index (χ0v) is 10.3. The summed E-state index contributed by atoms with van der Waals surface area (Å²) >= 11 is 0. The molecule has 1 heterocycles. The Morgan fingerprint density at radius 3 is 2.12 bits per heavy atom. The summed E-state index contributed by atoms with van der Waals surface area (Å²) in [7, 11) is 0. The van der Waals surface area contributed by atoms with Crippen molar-refractivity contribution in [3.63, 3.8) is 0 Å². The average molecular weight is 223 g/mol. The van der Waals surface area contributed by atoms with E-state index in [9.17, 15) is 0 Å². The maximum absolute atomic E-state index is 2.20. The van der Waals surface area contributed by atoms with Crippen molar-refractivity contribution in [3.8, 4) is 5.69 Å². The highest BCUT2D eigenvalue weighted by Crippen LogP contribution is 2.19. The predicted octanol–water partition coefficient (Wildman–Crippen LogP) is 4.66. The highest BCUT2D eigenvalue weighted by atomic mass is 15.0. The first-order chi connectivity index (χ1) is 8.45. The molecule has 86 valence electrons. The summed E-state index contributed by atoms with van der Waals surface area (Å²) in [6.45, 7) is 4.00. The molecule has 1 aromatic heterocycles. The van der Waals surface area contributed by atoms with E-state index >= 15 is 0 Å². The number of benzene rings is 2. The second-order valence-corrected chi connectivity index (χ2v) is 3.58. The topological polar surface area (TPSA) is 4.93 Å². The van der Waals surface area contributed by atoms with Gasteiger partial charge in [-0.25, -0.2) is 0 Å². The molecule has 0 N–H and O–H groups in total. The van der Waals surface area contributed by atoms with Crippen molar-refractivity contribution in [2.24, 2.45) is 0 Å². The molecule has 0 atom stereocenters. The smallest absolute Gasteiger partial charge is 0.0528 e. The van der Waals surface area contributed by atoms with Gasteiger partial charge in [-0.2, -0.15) is 0 Å². The summed E-state index contributed by atoms with van der Waals surface area (Å²) in [5.74, 6) is 0. The van der Waals surface area contributed by atoms with Crippen molar-refractivity contribution in [2.45, 2.75) is 13.8 Å². The molecule has 3 rings (SSSR count). The number of hydrogen-bond donors (Lipinski definition) is 0. The quantitative estimate of drug-likeness (QED) is 0.565. The van der Waals surface area contributed by atoms with E-state index in [1.165, 1.54) is 16.6 Å². The van der Waals surface area contributed by atoms with Crippen LogP contribution in [0.25, 0.3) is 16.6 Å². The number of fused-ring (bicyclic) bond motifs is 1. The van der Waals surface area contributed by atoms with Gasteiger partial charge in [0.05, 0.1) is 5.52 Å². The Kier molecular flexibility index (Phi) is 3.61. The summed E-state index contributed by atoms with van der Waals surface area (Å²) in [6, 6.07) is 20.9. The van der Waals surface area contributed by atoms with Crippen LogP contribution in [-0.4, -0.2) is 4.57 Å². The van der Waals surface area contributed by atoms with Crippen LogP contribution < -0.4 is 0 Å². The maximum Gasteiger partial charge on any atom is 0.0528 e. The molecule has 0 unspecified atom stereocenters. The van der Waals surface area contributed by atoms with E-state index in [4.69, 9.17) is 0 Å². The summed E-state index contributed by atoms with van der Waals surface area (Å²) in [4.78, 5) is 0. The second-order valence-electron chi connectivity index (χ2n) is 3.58. The molecule has 0 bridgehead atoms. The van der Waals surface area contributed by atoms with Gasteiger partial charge in [0, 0.05) is 11.9 Å². The standard InChI is InChI=1S/C14H11N.C2H6/c1-2-7-13(8-3-1)15-11-10-12-6-4-5-9-14(12)15;1-2/h1-11H;1-2H3. The zero-order valence-electron chi connectivity index (χ0n) is 10.3. The molecule has 0 saturated carbocycles. The number of para-hydroxylation sites is 2. The molecule has 1 nitrogen and oxygen atoms in total. The number of nitrogens with zero attached hydrogens (tertiary/aromatic N) is 1. The van der Waals surface area contributed by atoms with Gasteiger partial charge < -0.3 is 4.57 Å². The second kappa shape index (κ2) is 5.35. The minimum absolute atomic E-state index is 1.21. The van der Waals surface area contributed by atoms with E-state index in [0.29, 0.717) is 0 Å². The van der Waals surface area contributed by atoms with E-state index in [0.717, 1.165) is 0 Å². The van der Waals surface area contributed by atoms with Crippen molar-refractivity contribution < 1.29 is 0 Å². The maximum atomic E-state index is 2.20. The Labute approximate surface area is 102 Å². The largest absolute Gasteiger partial charge is 0.317 e. The number of hydrogen-bond acceptors (Lipinski definition) is 0. The lowest BCUT2D eigenvalue weighted by Gasteiger charge is -2.04. The molecular formula is C16H17N. The Hall–Kier alpha value is -2.02. The molecule has 0 amide bonds. The highest BCUT2D eigenvalue weighted by Gasteiger charge is 2.00. The fraction of sp³-hybridized carbons (Fsp3) is 0.125. The third-order valence-corrected chi connectivity index (χ3v) is 2.63. The lowest BCUT2D eigenvalue weighted by molar-refractivity contribution is 1.13. The molecule has 0 saturated heterocycles. The van der Waals surface area contributed by atoms with Gasteiger partial charge in [0.25, 0.3) is 0 Å². The number of rotatable bonds is 1. The Bertz CT molecular complexity index is 579. The van der Waals surface area contributed by atoms with Gasteiger partial charge in [-0.1, -0.05) is 50.2 Å². The van der Waals surface area contributed by atoms with Crippen LogP contribution in [0.2, 0.25) is 0 Å². The monoisotopic (exact) mass is 223 g/mol. The van der Waals surface area contributed by atoms with E-state index in [-0.39, 0.29) is 0 Å². The van der Waals surface area contributed by atoms with E-state index in [1.54, 1.807) is 0 Å². The Balaban J connectivity index is 0.000000514. The molecule has 0 fully saturated rings. The van der Waals surface area contributed by atoms with Crippen LogP contribution in [0.15, 0.2) is 66.9 Å². The van der Waals surface area contributed by atoms with Crippen molar-refractivity contribution >= 4 is 10.9 Å². The third kappa shape index (κ3) is 2.23. The zero-order chi connectivity index (χ0) is 12.1. The molecule has 0 aliphatic heterocycles. The molecular weight excluding hydrogens is 206 g/mol. The van der Waals surface area contributed by atoms with E-state index < -0.39 is 0 Å². The van der Waals surface area contributed by atoms with Crippen molar-refractivity contribution in [1.82, 2.24) is 4.57 Å². The Morgan fingerprint density at radius 2 is 1.35 bits per heavy atom. The van der Waals surface area contributed by atoms with Crippen LogP contribution in [0.3, 0.4) is 0 Å². The van der Waals surface area contributed by atoms with Gasteiger partial charge in [0.2, 0.25) is 0 Å². The Morgan fingerprint density at radius 1 is 0.706 bits per heavy atom. The van der Waals surface area contributed by atoms with E-state index in [2.05, 4.69) is 65.4 Å². The molecule has 0 aliphatic carbocycles. The van der Waals surface area contributed by atoms with Crippen molar-refractivity contribution in [2.75, 3.05) is 0 Å². The van der Waals surface area contributed by atoms with Crippen LogP contribution in [0.5, 0.6) is 0 Å². The van der Waals surface area contributed by atoms with Gasteiger partial charge >= 0.3 is 0 Å². The van der Waals surface area contributed by atoms with Crippen LogP contribution in [0, 0.1) is 0 Å². The van der Waals surface area contributed by atoms with Crippen LogP contribution in [0.4, 0.5) is 0 Å². The average Bonchev–Trinajstić information content (AvgIpc) is 2.86. The van der Waals surface area contributed by atoms with Gasteiger partial charge in [-0.15, -0.1) is 0 Å². The summed E-state index contributed by atoms with van der Waals surface area (Å²) in [5, 5.41) is 1.28. The predicted molar refractivity (Wildman–Crippen MR) is 74.6 cm³/mol. The molecule has 3 aromatic rings. The molecule has 0 spiro atoms. The SMILES string of the molecule is CC.c1ccc(-n2ccc3ccccc32)cc1. The lowest BCUT2D eigenvalue weighted by atomic mass is 10.2. The molecule has 1 heteroatoms. The first kappa shape index (κ1) is 11.5. The van der Waals surface area contributed by atoms with Crippen molar-refractivity contribution in [1.29, 1.82) is 0 Å². The van der Waals surface area contributed by atoms with Crippen LogP contribution in [-0.2, 0) is 0 Å². The molecule has 2 aromatic carbocycles. The van der Waals surface area contributed by atoms with E-state index in [1.807, 2.05) is 19.9 Å².